The molecule has 0 spiro atoms. The molecule has 2 amide bonds. The third-order valence-electron chi connectivity index (χ3n) is 1.69. The third-order valence-corrected chi connectivity index (χ3v) is 1.69. The summed E-state index contributed by atoms with van der Waals surface area (Å²) >= 11 is 0. The van der Waals surface area contributed by atoms with Crippen molar-refractivity contribution in [3.8, 4) is 0 Å². The number of imide groups is 1. The van der Waals surface area contributed by atoms with Crippen LogP contribution >= 0.6 is 0 Å². The average Bonchev–Trinajstić information content (AvgIpc) is 2.35. The van der Waals surface area contributed by atoms with E-state index in [0.29, 0.717) is 6.54 Å². The van der Waals surface area contributed by atoms with Gasteiger partial charge in [0, 0.05) is 18.7 Å². The molecule has 1 aliphatic rings. The van der Waals surface area contributed by atoms with Crippen molar-refractivity contribution >= 4 is 11.8 Å². The second kappa shape index (κ2) is 3.85. The number of rotatable bonds is 4. The summed E-state index contributed by atoms with van der Waals surface area (Å²) in [7, 11) is 0. The van der Waals surface area contributed by atoms with Gasteiger partial charge in [-0.1, -0.05) is 6.08 Å². The van der Waals surface area contributed by atoms with Gasteiger partial charge in [-0.3, -0.25) is 14.5 Å². The maximum atomic E-state index is 11.0. The first-order valence-corrected chi connectivity index (χ1v) is 3.90. The van der Waals surface area contributed by atoms with Gasteiger partial charge in [-0.15, -0.1) is 6.58 Å². The topological polar surface area (TPSA) is 37.4 Å². The van der Waals surface area contributed by atoms with E-state index in [1.807, 2.05) is 0 Å². The van der Waals surface area contributed by atoms with E-state index in [1.54, 1.807) is 6.08 Å². The summed E-state index contributed by atoms with van der Waals surface area (Å²) in [5.74, 6) is -0.409. The van der Waals surface area contributed by atoms with Gasteiger partial charge < -0.3 is 0 Å². The molecule has 0 saturated heterocycles. The van der Waals surface area contributed by atoms with Gasteiger partial charge >= 0.3 is 0 Å². The molecule has 0 aliphatic carbocycles. The van der Waals surface area contributed by atoms with E-state index < -0.39 is 0 Å². The number of allylic oxidation sites excluding steroid dienone is 1. The van der Waals surface area contributed by atoms with Gasteiger partial charge in [0.05, 0.1) is 0 Å². The molecule has 0 saturated carbocycles. The van der Waals surface area contributed by atoms with Crippen LogP contribution < -0.4 is 0 Å². The highest BCUT2D eigenvalue weighted by molar-refractivity contribution is 6.12. The number of hydrogen-bond acceptors (Lipinski definition) is 2. The van der Waals surface area contributed by atoms with Crippen LogP contribution in [0.4, 0.5) is 0 Å². The molecule has 0 aromatic carbocycles. The number of amides is 2. The Morgan fingerprint density at radius 2 is 1.92 bits per heavy atom. The van der Waals surface area contributed by atoms with Crippen LogP contribution in [0.2, 0.25) is 0 Å². The molecule has 1 heterocycles. The zero-order valence-electron chi connectivity index (χ0n) is 6.82. The second-order valence-electron chi connectivity index (χ2n) is 2.59. The van der Waals surface area contributed by atoms with Crippen molar-refractivity contribution in [3.05, 3.63) is 24.8 Å². The number of nitrogens with zero attached hydrogens (tertiary/aromatic N) is 1. The van der Waals surface area contributed by atoms with Crippen molar-refractivity contribution in [3.63, 3.8) is 0 Å². The highest BCUT2D eigenvalue weighted by atomic mass is 16.2. The van der Waals surface area contributed by atoms with Crippen LogP contribution in [0.15, 0.2) is 24.8 Å². The lowest BCUT2D eigenvalue weighted by molar-refractivity contribution is -0.136. The second-order valence-corrected chi connectivity index (χ2v) is 2.59. The van der Waals surface area contributed by atoms with Crippen LogP contribution in [-0.2, 0) is 9.59 Å². The van der Waals surface area contributed by atoms with Gasteiger partial charge in [0.1, 0.15) is 0 Å². The normalized spacial score (nSPS) is 15.8. The summed E-state index contributed by atoms with van der Waals surface area (Å²) in [6.45, 7) is 4.06. The van der Waals surface area contributed by atoms with Crippen LogP contribution in [0.1, 0.15) is 12.8 Å². The van der Waals surface area contributed by atoms with Crippen molar-refractivity contribution in [1.29, 1.82) is 0 Å². The largest absolute Gasteiger partial charge is 0.275 e. The molecule has 0 atom stereocenters. The summed E-state index contributed by atoms with van der Waals surface area (Å²) < 4.78 is 0. The Bertz CT molecular complexity index is 225. The number of carbonyl (C=O) groups excluding carboxylic acids is 2. The molecule has 0 aromatic heterocycles. The molecular formula is C9H11NO2. The van der Waals surface area contributed by atoms with Crippen LogP contribution in [0, 0.1) is 0 Å². The molecule has 3 nitrogen and oxygen atoms in total. The molecule has 0 bridgehead atoms. The lowest BCUT2D eigenvalue weighted by atomic mass is 10.3. The first-order chi connectivity index (χ1) is 5.75. The lowest BCUT2D eigenvalue weighted by Crippen LogP contribution is -2.30. The van der Waals surface area contributed by atoms with Crippen molar-refractivity contribution in [2.75, 3.05) is 6.54 Å². The van der Waals surface area contributed by atoms with E-state index in [1.165, 1.54) is 17.1 Å². The molecule has 0 radical (unpaired) electrons. The van der Waals surface area contributed by atoms with Gasteiger partial charge in [0.25, 0.3) is 11.8 Å². The van der Waals surface area contributed by atoms with E-state index >= 15 is 0 Å². The molecule has 12 heavy (non-hydrogen) atoms. The van der Waals surface area contributed by atoms with Crippen molar-refractivity contribution in [2.45, 2.75) is 12.8 Å². The number of hydrogen-bond donors (Lipinski definition) is 0. The van der Waals surface area contributed by atoms with Gasteiger partial charge in [0.2, 0.25) is 0 Å². The molecule has 0 fully saturated rings. The van der Waals surface area contributed by atoms with E-state index in [9.17, 15) is 9.59 Å². The van der Waals surface area contributed by atoms with Gasteiger partial charge in [0.15, 0.2) is 0 Å². The van der Waals surface area contributed by atoms with E-state index in [0.717, 1.165) is 12.8 Å². The Morgan fingerprint density at radius 3 is 2.42 bits per heavy atom. The standard InChI is InChI=1S/C9H11NO2/c1-2-3-4-7-10-8(11)5-6-9(10)12/h2,5-6H,1,3-4,7H2. The zero-order valence-corrected chi connectivity index (χ0v) is 6.82. The van der Waals surface area contributed by atoms with Crippen molar-refractivity contribution in [2.24, 2.45) is 0 Å². The van der Waals surface area contributed by atoms with E-state index in [2.05, 4.69) is 6.58 Å². The molecule has 0 aromatic rings. The summed E-state index contributed by atoms with van der Waals surface area (Å²) in [6, 6.07) is 0. The van der Waals surface area contributed by atoms with Gasteiger partial charge in [-0.05, 0) is 12.8 Å². The Balaban J connectivity index is 2.37. The van der Waals surface area contributed by atoms with Gasteiger partial charge in [-0.25, -0.2) is 0 Å². The molecule has 1 rings (SSSR count). The first kappa shape index (κ1) is 8.71. The highest BCUT2D eigenvalue weighted by Crippen LogP contribution is 2.05. The summed E-state index contributed by atoms with van der Waals surface area (Å²) in [4.78, 5) is 23.2. The van der Waals surface area contributed by atoms with Crippen LogP contribution in [0.25, 0.3) is 0 Å². The fourth-order valence-electron chi connectivity index (χ4n) is 1.05. The Hall–Kier alpha value is -1.38. The van der Waals surface area contributed by atoms with Crippen LogP contribution in [0.3, 0.4) is 0 Å². The SMILES string of the molecule is C=CCCCN1C(=O)C=CC1=O. The minimum Gasteiger partial charge on any atom is -0.275 e. The summed E-state index contributed by atoms with van der Waals surface area (Å²) in [5.41, 5.74) is 0. The zero-order chi connectivity index (χ0) is 8.97. The molecule has 64 valence electrons. The maximum Gasteiger partial charge on any atom is 0.253 e. The van der Waals surface area contributed by atoms with Crippen LogP contribution in [-0.4, -0.2) is 23.3 Å². The fraction of sp³-hybridized carbons (Fsp3) is 0.333. The highest BCUT2D eigenvalue weighted by Gasteiger charge is 2.21. The molecule has 1 aliphatic heterocycles. The monoisotopic (exact) mass is 165 g/mol. The molecule has 3 heteroatoms. The molecule has 0 unspecified atom stereocenters. The van der Waals surface area contributed by atoms with Crippen LogP contribution in [0.5, 0.6) is 0 Å². The Labute approximate surface area is 71.4 Å². The third kappa shape index (κ3) is 1.81. The predicted molar refractivity (Wildman–Crippen MR) is 45.3 cm³/mol. The Kier molecular flexibility index (Phi) is 2.80. The van der Waals surface area contributed by atoms with Crippen molar-refractivity contribution < 1.29 is 9.59 Å². The number of unbranched alkanes of at least 4 members (excludes halogenated alkanes) is 1. The first-order valence-electron chi connectivity index (χ1n) is 3.90. The summed E-state index contributed by atoms with van der Waals surface area (Å²) in [6.07, 6.45) is 6.00. The van der Waals surface area contributed by atoms with E-state index in [4.69, 9.17) is 0 Å². The summed E-state index contributed by atoms with van der Waals surface area (Å²) in [5, 5.41) is 0. The maximum absolute atomic E-state index is 11.0. The van der Waals surface area contributed by atoms with Gasteiger partial charge in [-0.2, -0.15) is 0 Å². The lowest BCUT2D eigenvalue weighted by Gasteiger charge is -2.11. The Morgan fingerprint density at radius 1 is 1.33 bits per heavy atom. The quantitative estimate of drug-likeness (QED) is 0.352. The predicted octanol–water partition coefficient (Wildman–Crippen LogP) is 0.878. The minimum atomic E-state index is -0.205. The minimum absolute atomic E-state index is 0.205. The molecular weight excluding hydrogens is 154 g/mol. The van der Waals surface area contributed by atoms with E-state index in [-0.39, 0.29) is 11.8 Å². The number of carbonyl (C=O) groups is 2. The van der Waals surface area contributed by atoms with Crippen molar-refractivity contribution in [1.82, 2.24) is 4.90 Å². The smallest absolute Gasteiger partial charge is 0.253 e. The molecule has 0 N–H and O–H groups in total. The average molecular weight is 165 g/mol. The fourth-order valence-corrected chi connectivity index (χ4v) is 1.05.